The van der Waals surface area contributed by atoms with Crippen molar-refractivity contribution >= 4 is 16.9 Å². The number of carboxylic acids is 1. The van der Waals surface area contributed by atoms with Crippen LogP contribution in [0, 0.1) is 12.8 Å². The van der Waals surface area contributed by atoms with Crippen molar-refractivity contribution in [3.8, 4) is 0 Å². The number of hydrogen-bond acceptors (Lipinski definition) is 2. The summed E-state index contributed by atoms with van der Waals surface area (Å²) in [5, 5.41) is 10.0. The first kappa shape index (κ1) is 12.0. The van der Waals surface area contributed by atoms with Crippen molar-refractivity contribution in [2.75, 3.05) is 0 Å². The fourth-order valence-electron chi connectivity index (χ4n) is 2.56. The van der Waals surface area contributed by atoms with Crippen LogP contribution in [0.25, 0.3) is 10.9 Å². The predicted octanol–water partition coefficient (Wildman–Crippen LogP) is 2.42. The van der Waals surface area contributed by atoms with Crippen molar-refractivity contribution in [2.45, 2.75) is 26.3 Å². The summed E-state index contributed by atoms with van der Waals surface area (Å²) in [4.78, 5) is 23.7. The summed E-state index contributed by atoms with van der Waals surface area (Å²) >= 11 is 0. The number of benzene rings is 1. The lowest BCUT2D eigenvalue weighted by molar-refractivity contribution is 0.0683. The van der Waals surface area contributed by atoms with E-state index in [4.69, 9.17) is 0 Å². The Morgan fingerprint density at radius 3 is 2.68 bits per heavy atom. The number of para-hydroxylation sites is 1. The number of carbonyl (C=O) groups is 1. The number of pyridine rings is 1. The second-order valence-electron chi connectivity index (χ2n) is 5.18. The molecule has 0 amide bonds. The average Bonchev–Trinajstić information content (AvgIpc) is 3.19. The Labute approximate surface area is 110 Å². The lowest BCUT2D eigenvalue weighted by Gasteiger charge is -2.16. The van der Waals surface area contributed by atoms with Crippen molar-refractivity contribution in [3.63, 3.8) is 0 Å². The van der Waals surface area contributed by atoms with Crippen molar-refractivity contribution in [1.82, 2.24) is 4.57 Å². The van der Waals surface area contributed by atoms with E-state index in [-0.39, 0.29) is 11.1 Å². The van der Waals surface area contributed by atoms with E-state index in [0.29, 0.717) is 23.4 Å². The topological polar surface area (TPSA) is 59.3 Å². The zero-order chi connectivity index (χ0) is 13.6. The largest absolute Gasteiger partial charge is 0.477 e. The van der Waals surface area contributed by atoms with E-state index in [1.165, 1.54) is 0 Å². The van der Waals surface area contributed by atoms with Crippen molar-refractivity contribution in [2.24, 2.45) is 5.92 Å². The lowest BCUT2D eigenvalue weighted by atomic mass is 10.1. The first-order chi connectivity index (χ1) is 9.09. The molecule has 1 aromatic heterocycles. The molecular formula is C15H15NO3. The Morgan fingerprint density at radius 2 is 2.05 bits per heavy atom. The van der Waals surface area contributed by atoms with Crippen LogP contribution in [-0.4, -0.2) is 15.6 Å². The molecule has 4 heteroatoms. The van der Waals surface area contributed by atoms with Crippen LogP contribution in [0.4, 0.5) is 0 Å². The van der Waals surface area contributed by atoms with E-state index in [2.05, 4.69) is 0 Å². The number of fused-ring (bicyclic) bond motifs is 1. The molecule has 4 nitrogen and oxygen atoms in total. The quantitative estimate of drug-likeness (QED) is 0.918. The van der Waals surface area contributed by atoms with Crippen LogP contribution in [0.2, 0.25) is 0 Å². The van der Waals surface area contributed by atoms with E-state index in [9.17, 15) is 14.7 Å². The Kier molecular flexibility index (Phi) is 2.66. The number of nitrogens with zero attached hydrogens (tertiary/aromatic N) is 1. The van der Waals surface area contributed by atoms with Gasteiger partial charge >= 0.3 is 5.97 Å². The van der Waals surface area contributed by atoms with Crippen LogP contribution in [0.15, 0.2) is 29.1 Å². The molecule has 0 bridgehead atoms. The molecule has 19 heavy (non-hydrogen) atoms. The van der Waals surface area contributed by atoms with Gasteiger partial charge in [0.2, 0.25) is 0 Å². The van der Waals surface area contributed by atoms with E-state index in [1.54, 1.807) is 17.6 Å². The summed E-state index contributed by atoms with van der Waals surface area (Å²) in [5.74, 6) is -0.482. The average molecular weight is 257 g/mol. The van der Waals surface area contributed by atoms with E-state index in [0.717, 1.165) is 18.4 Å². The van der Waals surface area contributed by atoms with E-state index < -0.39 is 5.97 Å². The number of carboxylic acid groups (broad SMARTS) is 1. The van der Waals surface area contributed by atoms with Crippen molar-refractivity contribution in [1.29, 1.82) is 0 Å². The van der Waals surface area contributed by atoms with Gasteiger partial charge in [-0.15, -0.1) is 0 Å². The van der Waals surface area contributed by atoms with Gasteiger partial charge in [-0.3, -0.25) is 4.79 Å². The summed E-state index contributed by atoms with van der Waals surface area (Å²) in [5.41, 5.74) is 1.00. The highest BCUT2D eigenvalue weighted by Gasteiger charge is 2.26. The molecule has 1 heterocycles. The Hall–Kier alpha value is -2.10. The van der Waals surface area contributed by atoms with Gasteiger partial charge in [0.25, 0.3) is 0 Å². The first-order valence-electron chi connectivity index (χ1n) is 6.45. The summed E-state index contributed by atoms with van der Waals surface area (Å²) in [6, 6.07) is 7.24. The summed E-state index contributed by atoms with van der Waals surface area (Å²) in [6.07, 6.45) is 2.27. The van der Waals surface area contributed by atoms with Crippen LogP contribution in [0.5, 0.6) is 0 Å². The standard InChI is InChI=1S/C15H15NO3/c1-9-13(15(18)19)16(8-10-6-7-10)12-5-3-2-4-11(12)14(9)17/h2-5,10H,6-8H2,1H3,(H,18,19). The van der Waals surface area contributed by atoms with Gasteiger partial charge in [0.15, 0.2) is 5.43 Å². The molecule has 1 aliphatic rings. The van der Waals surface area contributed by atoms with Gasteiger partial charge in [0.05, 0.1) is 5.52 Å². The summed E-state index contributed by atoms with van der Waals surface area (Å²) < 4.78 is 1.80. The summed E-state index contributed by atoms with van der Waals surface area (Å²) in [7, 11) is 0. The van der Waals surface area contributed by atoms with Gasteiger partial charge in [-0.2, -0.15) is 0 Å². The highest BCUT2D eigenvalue weighted by molar-refractivity contribution is 5.92. The second-order valence-corrected chi connectivity index (χ2v) is 5.18. The van der Waals surface area contributed by atoms with Crippen molar-refractivity contribution < 1.29 is 9.90 Å². The van der Waals surface area contributed by atoms with Crippen molar-refractivity contribution in [3.05, 3.63) is 45.7 Å². The maximum absolute atomic E-state index is 12.2. The smallest absolute Gasteiger partial charge is 0.352 e. The van der Waals surface area contributed by atoms with Gasteiger partial charge in [-0.25, -0.2) is 4.79 Å². The predicted molar refractivity (Wildman–Crippen MR) is 72.6 cm³/mol. The van der Waals surface area contributed by atoms with Gasteiger partial charge in [-0.1, -0.05) is 12.1 Å². The fraction of sp³-hybridized carbons (Fsp3) is 0.333. The molecule has 2 aromatic rings. The van der Waals surface area contributed by atoms with Crippen LogP contribution in [-0.2, 0) is 6.54 Å². The highest BCUT2D eigenvalue weighted by Crippen LogP contribution is 2.32. The van der Waals surface area contributed by atoms with Gasteiger partial charge < -0.3 is 9.67 Å². The number of aromatic carboxylic acids is 1. The molecule has 1 fully saturated rings. The molecule has 0 aliphatic heterocycles. The maximum atomic E-state index is 12.2. The minimum absolute atomic E-state index is 0.135. The van der Waals surface area contributed by atoms with Gasteiger partial charge in [0, 0.05) is 17.5 Å². The third kappa shape index (κ3) is 1.93. The van der Waals surface area contributed by atoms with Gasteiger partial charge in [0.1, 0.15) is 5.69 Å². The minimum Gasteiger partial charge on any atom is -0.477 e. The Morgan fingerprint density at radius 1 is 1.37 bits per heavy atom. The van der Waals surface area contributed by atoms with Crippen LogP contribution in [0.1, 0.15) is 28.9 Å². The third-order valence-corrected chi connectivity index (χ3v) is 3.75. The molecule has 1 aromatic carbocycles. The molecule has 0 unspecified atom stereocenters. The molecular weight excluding hydrogens is 242 g/mol. The van der Waals surface area contributed by atoms with E-state index in [1.807, 2.05) is 18.2 Å². The Balaban J connectivity index is 2.39. The number of aromatic nitrogens is 1. The highest BCUT2D eigenvalue weighted by atomic mass is 16.4. The van der Waals surface area contributed by atoms with Crippen LogP contribution < -0.4 is 5.43 Å². The molecule has 0 radical (unpaired) electrons. The first-order valence-corrected chi connectivity index (χ1v) is 6.45. The normalized spacial score (nSPS) is 14.8. The molecule has 1 saturated carbocycles. The summed E-state index contributed by atoms with van der Waals surface area (Å²) in [6.45, 7) is 2.28. The molecule has 0 atom stereocenters. The zero-order valence-electron chi connectivity index (χ0n) is 10.7. The Bertz CT molecular complexity index is 726. The fourth-order valence-corrected chi connectivity index (χ4v) is 2.56. The SMILES string of the molecule is Cc1c(C(=O)O)n(CC2CC2)c2ccccc2c1=O. The number of hydrogen-bond donors (Lipinski definition) is 1. The number of rotatable bonds is 3. The molecule has 98 valence electrons. The molecule has 3 rings (SSSR count). The molecule has 1 N–H and O–H groups in total. The van der Waals surface area contributed by atoms with Crippen LogP contribution in [0.3, 0.4) is 0 Å². The minimum atomic E-state index is -1.03. The lowest BCUT2D eigenvalue weighted by Crippen LogP contribution is -2.22. The molecule has 0 saturated heterocycles. The van der Waals surface area contributed by atoms with E-state index >= 15 is 0 Å². The second kappa shape index (κ2) is 4.23. The molecule has 1 aliphatic carbocycles. The monoisotopic (exact) mass is 257 g/mol. The maximum Gasteiger partial charge on any atom is 0.352 e. The third-order valence-electron chi connectivity index (χ3n) is 3.75. The van der Waals surface area contributed by atoms with Gasteiger partial charge in [-0.05, 0) is 37.8 Å². The zero-order valence-corrected chi connectivity index (χ0v) is 10.7. The molecule has 0 spiro atoms. The van der Waals surface area contributed by atoms with Crippen LogP contribution >= 0.6 is 0 Å².